The molecule has 1 aromatic heterocycles. The Balaban J connectivity index is 1.67. The van der Waals surface area contributed by atoms with E-state index in [1.165, 1.54) is 0 Å². The molecular weight excluding hydrogens is 403 g/mol. The number of nitrogens with one attached hydrogen (secondary N) is 1. The van der Waals surface area contributed by atoms with E-state index in [4.69, 9.17) is 4.74 Å². The number of nitrogens with zero attached hydrogens (tertiary/aromatic N) is 1. The highest BCUT2D eigenvalue weighted by Gasteiger charge is 2.07. The zero-order valence-corrected chi connectivity index (χ0v) is 14.7. The molecule has 0 saturated heterocycles. The van der Waals surface area contributed by atoms with Crippen LogP contribution in [0.25, 0.3) is 10.8 Å². The first-order valence-electron chi connectivity index (χ1n) is 7.17. The molecule has 0 fully saturated rings. The molecule has 0 unspecified atom stereocenters. The zero-order chi connectivity index (χ0) is 16.2. The first-order valence-corrected chi connectivity index (χ1v) is 8.25. The minimum atomic E-state index is -0.231. The van der Waals surface area contributed by atoms with Crippen LogP contribution in [-0.4, -0.2) is 17.5 Å². The molecule has 4 nitrogen and oxygen atoms in total. The number of benzene rings is 2. The lowest BCUT2D eigenvalue weighted by molar-refractivity contribution is -0.118. The average Bonchev–Trinajstić information content (AvgIpc) is 2.56. The molecule has 0 aliphatic rings. The number of ether oxygens (including phenoxy) is 1. The number of pyridine rings is 1. The van der Waals surface area contributed by atoms with Gasteiger partial charge in [-0.25, -0.2) is 4.98 Å². The molecule has 116 valence electrons. The van der Waals surface area contributed by atoms with Crippen LogP contribution in [0.4, 0.5) is 5.82 Å². The maximum Gasteiger partial charge on any atom is 0.263 e. The quantitative estimate of drug-likeness (QED) is 0.648. The van der Waals surface area contributed by atoms with Crippen LogP contribution in [0.5, 0.6) is 5.75 Å². The molecule has 0 aliphatic carbocycles. The van der Waals surface area contributed by atoms with E-state index in [1.54, 1.807) is 6.07 Å². The van der Waals surface area contributed by atoms with Crippen molar-refractivity contribution in [3.63, 3.8) is 0 Å². The summed E-state index contributed by atoms with van der Waals surface area (Å²) >= 11 is 2.21. The summed E-state index contributed by atoms with van der Waals surface area (Å²) in [5.41, 5.74) is 0.887. The molecular formula is C18H15IN2O2. The van der Waals surface area contributed by atoms with Crippen LogP contribution in [0, 0.1) is 10.5 Å². The van der Waals surface area contributed by atoms with Crippen molar-refractivity contribution < 1.29 is 9.53 Å². The van der Waals surface area contributed by atoms with Gasteiger partial charge in [-0.3, -0.25) is 4.79 Å². The highest BCUT2D eigenvalue weighted by atomic mass is 127. The summed E-state index contributed by atoms with van der Waals surface area (Å²) < 4.78 is 6.73. The molecule has 0 radical (unpaired) electrons. The van der Waals surface area contributed by atoms with Crippen LogP contribution in [0.15, 0.2) is 54.6 Å². The number of carbonyl (C=O) groups is 1. The summed E-state index contributed by atoms with van der Waals surface area (Å²) in [5.74, 6) is 1.01. The topological polar surface area (TPSA) is 51.2 Å². The van der Waals surface area contributed by atoms with Gasteiger partial charge in [-0.05, 0) is 53.1 Å². The van der Waals surface area contributed by atoms with Gasteiger partial charge in [0.15, 0.2) is 6.61 Å². The minimum absolute atomic E-state index is 0.0548. The van der Waals surface area contributed by atoms with Crippen LogP contribution in [-0.2, 0) is 4.79 Å². The van der Waals surface area contributed by atoms with Crippen LogP contribution < -0.4 is 10.1 Å². The Morgan fingerprint density at radius 2 is 1.91 bits per heavy atom. The van der Waals surface area contributed by atoms with E-state index in [-0.39, 0.29) is 12.5 Å². The number of hydrogen-bond donors (Lipinski definition) is 1. The second kappa shape index (κ2) is 6.95. The lowest BCUT2D eigenvalue weighted by Gasteiger charge is -2.10. The van der Waals surface area contributed by atoms with Gasteiger partial charge in [0.2, 0.25) is 0 Å². The fourth-order valence-corrected chi connectivity index (χ4v) is 2.56. The molecule has 1 amide bonds. The summed E-state index contributed by atoms with van der Waals surface area (Å²) in [4.78, 5) is 16.4. The lowest BCUT2D eigenvalue weighted by Crippen LogP contribution is -2.21. The molecule has 5 heteroatoms. The predicted octanol–water partition coefficient (Wildman–Crippen LogP) is 4.17. The summed E-state index contributed by atoms with van der Waals surface area (Å²) in [6, 6.07) is 17.4. The fraction of sp³-hybridized carbons (Fsp3) is 0.111. The SMILES string of the molecule is Cc1nc(NC(=O)COc2cccc3ccccc23)ccc1I. The van der Waals surface area contributed by atoms with Crippen molar-refractivity contribution in [1.29, 1.82) is 0 Å². The Kier molecular flexibility index (Phi) is 4.76. The normalized spacial score (nSPS) is 10.5. The van der Waals surface area contributed by atoms with E-state index < -0.39 is 0 Å². The third-order valence-corrected chi connectivity index (χ3v) is 4.54. The van der Waals surface area contributed by atoms with Crippen molar-refractivity contribution in [2.24, 2.45) is 0 Å². The molecule has 0 atom stereocenters. The second-order valence-electron chi connectivity index (χ2n) is 5.08. The maximum atomic E-state index is 12.0. The number of amides is 1. The van der Waals surface area contributed by atoms with Crippen molar-refractivity contribution >= 4 is 45.1 Å². The van der Waals surface area contributed by atoms with Crippen molar-refractivity contribution in [3.8, 4) is 5.75 Å². The first-order chi connectivity index (χ1) is 11.1. The molecule has 0 saturated carbocycles. The van der Waals surface area contributed by atoms with E-state index in [0.717, 1.165) is 20.0 Å². The smallest absolute Gasteiger partial charge is 0.263 e. The van der Waals surface area contributed by atoms with E-state index in [0.29, 0.717) is 11.6 Å². The van der Waals surface area contributed by atoms with Crippen LogP contribution in [0.2, 0.25) is 0 Å². The fourth-order valence-electron chi connectivity index (χ4n) is 2.26. The van der Waals surface area contributed by atoms with E-state index in [9.17, 15) is 4.79 Å². The summed E-state index contributed by atoms with van der Waals surface area (Å²) in [7, 11) is 0. The molecule has 0 bridgehead atoms. The molecule has 1 heterocycles. The van der Waals surface area contributed by atoms with Gasteiger partial charge in [0.05, 0.1) is 5.69 Å². The van der Waals surface area contributed by atoms with E-state index >= 15 is 0 Å². The summed E-state index contributed by atoms with van der Waals surface area (Å²) in [5, 5.41) is 4.83. The van der Waals surface area contributed by atoms with E-state index in [2.05, 4.69) is 32.9 Å². The first kappa shape index (κ1) is 15.7. The average molecular weight is 418 g/mol. The number of carbonyl (C=O) groups excluding carboxylic acids is 1. The number of fused-ring (bicyclic) bond motifs is 1. The molecule has 0 spiro atoms. The molecule has 23 heavy (non-hydrogen) atoms. The standard InChI is InChI=1S/C18H15IN2O2/c1-12-15(19)9-10-17(20-12)21-18(22)11-23-16-8-4-6-13-5-2-3-7-14(13)16/h2-10H,11H2,1H3,(H,20,21,22). The summed E-state index contributed by atoms with van der Waals surface area (Å²) in [6.07, 6.45) is 0. The van der Waals surface area contributed by atoms with Gasteiger partial charge in [0.25, 0.3) is 5.91 Å². The number of hydrogen-bond acceptors (Lipinski definition) is 3. The Hall–Kier alpha value is -2.15. The minimum Gasteiger partial charge on any atom is -0.483 e. The Morgan fingerprint density at radius 1 is 1.13 bits per heavy atom. The van der Waals surface area contributed by atoms with Gasteiger partial charge in [0, 0.05) is 8.96 Å². The highest BCUT2D eigenvalue weighted by molar-refractivity contribution is 14.1. The Morgan fingerprint density at radius 3 is 2.74 bits per heavy atom. The monoisotopic (exact) mass is 418 g/mol. The molecule has 2 aromatic carbocycles. The number of rotatable bonds is 4. The highest BCUT2D eigenvalue weighted by Crippen LogP contribution is 2.25. The van der Waals surface area contributed by atoms with Gasteiger partial charge >= 0.3 is 0 Å². The van der Waals surface area contributed by atoms with Crippen LogP contribution in [0.1, 0.15) is 5.69 Å². The Bertz CT molecular complexity index is 859. The number of anilines is 1. The second-order valence-corrected chi connectivity index (χ2v) is 6.24. The third kappa shape index (κ3) is 3.79. The molecule has 0 aliphatic heterocycles. The van der Waals surface area contributed by atoms with Gasteiger partial charge in [0.1, 0.15) is 11.6 Å². The Labute approximate surface area is 148 Å². The number of aromatic nitrogens is 1. The van der Waals surface area contributed by atoms with Crippen molar-refractivity contribution in [2.75, 3.05) is 11.9 Å². The van der Waals surface area contributed by atoms with Crippen molar-refractivity contribution in [3.05, 3.63) is 63.9 Å². The van der Waals surface area contributed by atoms with Gasteiger partial charge < -0.3 is 10.1 Å². The molecule has 3 rings (SSSR count). The molecule has 3 aromatic rings. The summed E-state index contributed by atoms with van der Waals surface area (Å²) in [6.45, 7) is 1.85. The largest absolute Gasteiger partial charge is 0.483 e. The maximum absolute atomic E-state index is 12.0. The van der Waals surface area contributed by atoms with Gasteiger partial charge in [-0.15, -0.1) is 0 Å². The third-order valence-electron chi connectivity index (χ3n) is 3.40. The zero-order valence-electron chi connectivity index (χ0n) is 12.5. The van der Waals surface area contributed by atoms with E-state index in [1.807, 2.05) is 55.5 Å². The number of aryl methyl sites for hydroxylation is 1. The van der Waals surface area contributed by atoms with Crippen LogP contribution in [0.3, 0.4) is 0 Å². The molecule has 1 N–H and O–H groups in total. The van der Waals surface area contributed by atoms with Crippen molar-refractivity contribution in [1.82, 2.24) is 4.98 Å². The van der Waals surface area contributed by atoms with Gasteiger partial charge in [-0.1, -0.05) is 36.4 Å². The van der Waals surface area contributed by atoms with Crippen LogP contribution >= 0.6 is 22.6 Å². The number of halogens is 1. The lowest BCUT2D eigenvalue weighted by atomic mass is 10.1. The predicted molar refractivity (Wildman–Crippen MR) is 99.8 cm³/mol. The van der Waals surface area contributed by atoms with Crippen molar-refractivity contribution in [2.45, 2.75) is 6.92 Å². The van der Waals surface area contributed by atoms with Gasteiger partial charge in [-0.2, -0.15) is 0 Å².